The van der Waals surface area contributed by atoms with Crippen LogP contribution in [0.4, 0.5) is 0 Å². The zero-order valence-electron chi connectivity index (χ0n) is 16.3. The number of aliphatic imine (C=N–C) groups is 1. The van der Waals surface area contributed by atoms with E-state index in [1.807, 2.05) is 12.3 Å². The van der Waals surface area contributed by atoms with E-state index in [9.17, 15) is 0 Å². The third kappa shape index (κ3) is 8.29. The molecule has 1 aliphatic rings. The highest BCUT2D eigenvalue weighted by Crippen LogP contribution is 2.18. The molecule has 2 rings (SSSR count). The van der Waals surface area contributed by atoms with E-state index in [1.165, 1.54) is 29.7 Å². The smallest absolute Gasteiger partial charge is 0.0362 e. The van der Waals surface area contributed by atoms with Crippen LogP contribution in [0.5, 0.6) is 0 Å². The van der Waals surface area contributed by atoms with Crippen molar-refractivity contribution in [3.05, 3.63) is 59.8 Å². The lowest BCUT2D eigenvalue weighted by atomic mass is 9.97. The minimum atomic E-state index is 0.461. The van der Waals surface area contributed by atoms with Crippen molar-refractivity contribution in [2.75, 3.05) is 0 Å². The maximum atomic E-state index is 4.31. The van der Waals surface area contributed by atoms with E-state index in [0.29, 0.717) is 5.92 Å². The number of hydrogen-bond acceptors (Lipinski definition) is 1. The molecule has 0 N–H and O–H groups in total. The summed E-state index contributed by atoms with van der Waals surface area (Å²) < 4.78 is 0. The fraction of sp³-hybridized carbons (Fsp3) is 0.522. The van der Waals surface area contributed by atoms with Crippen LogP contribution in [0, 0.1) is 11.8 Å². The summed E-state index contributed by atoms with van der Waals surface area (Å²) in [6.45, 7) is 14.9. The maximum absolute atomic E-state index is 4.31. The van der Waals surface area contributed by atoms with Crippen molar-refractivity contribution in [3.8, 4) is 0 Å². The van der Waals surface area contributed by atoms with Gasteiger partial charge in [-0.05, 0) is 54.6 Å². The summed E-state index contributed by atoms with van der Waals surface area (Å²) in [5.41, 5.74) is 4.06. The van der Waals surface area contributed by atoms with Crippen LogP contribution < -0.4 is 0 Å². The van der Waals surface area contributed by atoms with Gasteiger partial charge in [0, 0.05) is 11.9 Å². The highest BCUT2D eigenvalue weighted by molar-refractivity contribution is 5.60. The second-order valence-electron chi connectivity index (χ2n) is 7.55. The van der Waals surface area contributed by atoms with Gasteiger partial charge in [-0.1, -0.05) is 71.0 Å². The molecule has 0 bridgehead atoms. The summed E-state index contributed by atoms with van der Waals surface area (Å²) in [5.74, 6) is 1.93. The lowest BCUT2D eigenvalue weighted by Gasteiger charge is -2.09. The second kappa shape index (κ2) is 11.0. The zero-order valence-corrected chi connectivity index (χ0v) is 16.3. The molecule has 0 spiro atoms. The first-order chi connectivity index (χ1) is 11.4. The standard InChI is InChI=1S/C14H20.C9H15N/c1-5-12(4)14-8-6-13(7-9-14)10-11(2)3;1-8(2)7-9-5-3-4-6-10-9/h5-9,11-12H,1,10H2,2-4H3;5-6,8H,3-4,7H2,1-2H3. The highest BCUT2D eigenvalue weighted by Gasteiger charge is 2.02. The van der Waals surface area contributed by atoms with Crippen LogP contribution in [0.25, 0.3) is 0 Å². The Balaban J connectivity index is 0.000000254. The third-order valence-electron chi connectivity index (χ3n) is 4.05. The Labute approximate surface area is 149 Å². The van der Waals surface area contributed by atoms with Gasteiger partial charge in [-0.15, -0.1) is 6.58 Å². The highest BCUT2D eigenvalue weighted by atomic mass is 14.7. The Morgan fingerprint density at radius 3 is 2.04 bits per heavy atom. The van der Waals surface area contributed by atoms with Gasteiger partial charge in [0.05, 0.1) is 0 Å². The zero-order chi connectivity index (χ0) is 17.9. The molecular weight excluding hydrogens is 290 g/mol. The maximum Gasteiger partial charge on any atom is 0.0362 e. The van der Waals surface area contributed by atoms with Crippen molar-refractivity contribution in [2.45, 2.75) is 66.2 Å². The molecule has 1 atom stereocenters. The molecule has 0 aromatic heterocycles. The molecule has 0 radical (unpaired) electrons. The van der Waals surface area contributed by atoms with Crippen LogP contribution in [-0.4, -0.2) is 6.21 Å². The van der Waals surface area contributed by atoms with E-state index >= 15 is 0 Å². The number of allylic oxidation sites excluding steroid dienone is 3. The van der Waals surface area contributed by atoms with Gasteiger partial charge in [-0.25, -0.2) is 0 Å². The predicted octanol–water partition coefficient (Wildman–Crippen LogP) is 6.96. The molecule has 1 nitrogen and oxygen atoms in total. The molecule has 1 aromatic rings. The second-order valence-corrected chi connectivity index (χ2v) is 7.55. The van der Waals surface area contributed by atoms with Crippen molar-refractivity contribution in [1.29, 1.82) is 0 Å². The Morgan fingerprint density at radius 1 is 0.958 bits per heavy atom. The summed E-state index contributed by atoms with van der Waals surface area (Å²) in [6.07, 6.45) is 10.9. The summed E-state index contributed by atoms with van der Waals surface area (Å²) in [4.78, 5) is 4.31. The quantitative estimate of drug-likeness (QED) is 0.501. The Hall–Kier alpha value is -1.63. The fourth-order valence-electron chi connectivity index (χ4n) is 2.68. The van der Waals surface area contributed by atoms with Crippen LogP contribution in [-0.2, 0) is 6.42 Å². The molecule has 1 unspecified atom stereocenters. The van der Waals surface area contributed by atoms with Crippen LogP contribution in [0.15, 0.2) is 53.7 Å². The average Bonchev–Trinajstić information content (AvgIpc) is 2.55. The molecule has 1 heterocycles. The first-order valence-corrected chi connectivity index (χ1v) is 9.35. The van der Waals surface area contributed by atoms with Gasteiger partial charge in [0.15, 0.2) is 0 Å². The van der Waals surface area contributed by atoms with E-state index in [4.69, 9.17) is 0 Å². The number of rotatable bonds is 6. The Bertz CT molecular complexity index is 532. The monoisotopic (exact) mass is 325 g/mol. The van der Waals surface area contributed by atoms with E-state index in [-0.39, 0.29) is 0 Å². The minimum Gasteiger partial charge on any atom is -0.266 e. The van der Waals surface area contributed by atoms with Crippen molar-refractivity contribution in [1.82, 2.24) is 0 Å². The summed E-state index contributed by atoms with van der Waals surface area (Å²) in [6, 6.07) is 8.89. The van der Waals surface area contributed by atoms with Gasteiger partial charge in [0.1, 0.15) is 0 Å². The third-order valence-corrected chi connectivity index (χ3v) is 4.05. The molecule has 1 aromatic carbocycles. The molecule has 0 amide bonds. The van der Waals surface area contributed by atoms with Gasteiger partial charge >= 0.3 is 0 Å². The van der Waals surface area contributed by atoms with Gasteiger partial charge in [-0.2, -0.15) is 0 Å². The van der Waals surface area contributed by atoms with Crippen LogP contribution in [0.1, 0.15) is 70.9 Å². The van der Waals surface area contributed by atoms with Crippen LogP contribution in [0.2, 0.25) is 0 Å². The molecule has 1 aliphatic heterocycles. The van der Waals surface area contributed by atoms with E-state index in [1.54, 1.807) is 0 Å². The number of benzene rings is 1. The molecule has 0 fully saturated rings. The Kier molecular flexibility index (Phi) is 9.37. The van der Waals surface area contributed by atoms with Crippen LogP contribution in [0.3, 0.4) is 0 Å². The predicted molar refractivity (Wildman–Crippen MR) is 109 cm³/mol. The molecule has 132 valence electrons. The molecule has 0 saturated carbocycles. The summed E-state index contributed by atoms with van der Waals surface area (Å²) in [7, 11) is 0. The molecule has 0 aliphatic carbocycles. The SMILES string of the molecule is C=CC(C)c1ccc(CC(C)C)cc1.CC(C)CC1=CCCC=N1. The van der Waals surface area contributed by atoms with E-state index in [2.05, 4.69) is 76.5 Å². The summed E-state index contributed by atoms with van der Waals surface area (Å²) >= 11 is 0. The molecule has 0 saturated heterocycles. The van der Waals surface area contributed by atoms with Crippen molar-refractivity contribution in [3.63, 3.8) is 0 Å². The topological polar surface area (TPSA) is 12.4 Å². The van der Waals surface area contributed by atoms with Gasteiger partial charge in [-0.3, -0.25) is 4.99 Å². The van der Waals surface area contributed by atoms with Crippen molar-refractivity contribution >= 4 is 6.21 Å². The Morgan fingerprint density at radius 2 is 1.58 bits per heavy atom. The molecule has 1 heteroatoms. The first kappa shape index (κ1) is 20.4. The van der Waals surface area contributed by atoms with Crippen molar-refractivity contribution < 1.29 is 0 Å². The summed E-state index contributed by atoms with van der Waals surface area (Å²) in [5, 5.41) is 0. The lowest BCUT2D eigenvalue weighted by molar-refractivity contribution is 0.635. The minimum absolute atomic E-state index is 0.461. The van der Waals surface area contributed by atoms with E-state index in [0.717, 1.165) is 24.7 Å². The molecular formula is C23H35N. The first-order valence-electron chi connectivity index (χ1n) is 9.35. The number of nitrogens with zero attached hydrogens (tertiary/aromatic N) is 1. The largest absolute Gasteiger partial charge is 0.266 e. The number of hydrogen-bond donors (Lipinski definition) is 0. The lowest BCUT2D eigenvalue weighted by Crippen LogP contribution is -1.95. The fourth-order valence-corrected chi connectivity index (χ4v) is 2.68. The average molecular weight is 326 g/mol. The van der Waals surface area contributed by atoms with Crippen molar-refractivity contribution in [2.24, 2.45) is 16.8 Å². The van der Waals surface area contributed by atoms with Gasteiger partial charge in [0.2, 0.25) is 0 Å². The van der Waals surface area contributed by atoms with Gasteiger partial charge in [0.25, 0.3) is 0 Å². The van der Waals surface area contributed by atoms with Gasteiger partial charge < -0.3 is 0 Å². The normalized spacial score (nSPS) is 14.9. The van der Waals surface area contributed by atoms with E-state index < -0.39 is 0 Å². The van der Waals surface area contributed by atoms with Crippen LogP contribution >= 0.6 is 0 Å². The molecule has 24 heavy (non-hydrogen) atoms.